The highest BCUT2D eigenvalue weighted by Crippen LogP contribution is 2.43. The van der Waals surface area contributed by atoms with Gasteiger partial charge < -0.3 is 22.3 Å². The maximum Gasteiger partial charge on any atom is 0.318 e. The summed E-state index contributed by atoms with van der Waals surface area (Å²) in [5, 5.41) is 10.3. The van der Waals surface area contributed by atoms with Crippen molar-refractivity contribution in [2.45, 2.75) is 24.7 Å². The summed E-state index contributed by atoms with van der Waals surface area (Å²) in [6.07, 6.45) is 1.19. The Labute approximate surface area is 156 Å². The second-order valence-electron chi connectivity index (χ2n) is 6.72. The number of benzene rings is 2. The summed E-state index contributed by atoms with van der Waals surface area (Å²) in [5.41, 5.74) is 18.5. The minimum absolute atomic E-state index is 0.153. The third-order valence-electron chi connectivity index (χ3n) is 5.25. The molecule has 0 spiro atoms. The van der Waals surface area contributed by atoms with Crippen LogP contribution >= 0.6 is 0 Å². The van der Waals surface area contributed by atoms with Crippen LogP contribution in [-0.4, -0.2) is 29.4 Å². The van der Waals surface area contributed by atoms with Crippen LogP contribution in [0.3, 0.4) is 0 Å². The number of hydrogen-bond acceptors (Lipinski definition) is 4. The highest BCUT2D eigenvalue weighted by atomic mass is 16.4. The van der Waals surface area contributed by atoms with Crippen LogP contribution in [0.4, 0.5) is 0 Å². The maximum atomic E-state index is 12.5. The summed E-state index contributed by atoms with van der Waals surface area (Å²) in [5.74, 6) is -2.18. The van der Waals surface area contributed by atoms with Crippen molar-refractivity contribution in [2.75, 3.05) is 6.54 Å². The van der Waals surface area contributed by atoms with Gasteiger partial charge in [0.1, 0.15) is 5.41 Å². The zero-order chi connectivity index (χ0) is 19.8. The predicted octanol–water partition coefficient (Wildman–Crippen LogP) is 0.703. The molecule has 7 heteroatoms. The van der Waals surface area contributed by atoms with Gasteiger partial charge in [0.05, 0.1) is 0 Å². The fourth-order valence-corrected chi connectivity index (χ4v) is 3.98. The van der Waals surface area contributed by atoms with Crippen molar-refractivity contribution in [3.8, 4) is 0 Å². The minimum atomic E-state index is -1.37. The fourth-order valence-electron chi connectivity index (χ4n) is 3.98. The fraction of sp³-hybridized carbons (Fsp3) is 0.250. The summed E-state index contributed by atoms with van der Waals surface area (Å²) in [4.78, 5) is 35.7. The Bertz CT molecular complexity index is 887. The monoisotopic (exact) mass is 367 g/mol. The first kappa shape index (κ1) is 18.6. The van der Waals surface area contributed by atoms with Gasteiger partial charge in [-0.2, -0.15) is 0 Å². The largest absolute Gasteiger partial charge is 0.480 e. The first-order valence-electron chi connectivity index (χ1n) is 8.61. The van der Waals surface area contributed by atoms with Gasteiger partial charge in [-0.25, -0.2) is 0 Å². The van der Waals surface area contributed by atoms with Crippen LogP contribution in [0.5, 0.6) is 0 Å². The molecule has 0 atom stereocenters. The van der Waals surface area contributed by atoms with Crippen molar-refractivity contribution in [3.05, 3.63) is 69.8 Å². The molecule has 0 saturated carbocycles. The smallest absolute Gasteiger partial charge is 0.318 e. The standard InChI is InChI=1S/C20H21N3O4/c21-8-7-20(19(26)27)15-5-3-13(17(22)24)9-11(15)1-2-12-10-14(18(23)25)4-6-16(12)20/h3-6,9-10H,1-2,7-8,21H2,(H2,22,24)(H2,23,25)(H,26,27). The van der Waals surface area contributed by atoms with Crippen molar-refractivity contribution in [2.24, 2.45) is 17.2 Å². The molecule has 2 aromatic carbocycles. The van der Waals surface area contributed by atoms with E-state index >= 15 is 0 Å². The molecule has 0 heterocycles. The number of aryl methyl sites for hydroxylation is 2. The van der Waals surface area contributed by atoms with E-state index in [0.29, 0.717) is 35.1 Å². The van der Waals surface area contributed by atoms with E-state index in [9.17, 15) is 19.5 Å². The van der Waals surface area contributed by atoms with E-state index in [2.05, 4.69) is 0 Å². The molecule has 3 rings (SSSR count). The van der Waals surface area contributed by atoms with Gasteiger partial charge in [-0.05, 0) is 72.3 Å². The molecular weight excluding hydrogens is 346 g/mol. The molecule has 1 aliphatic rings. The van der Waals surface area contributed by atoms with E-state index in [0.717, 1.165) is 11.1 Å². The molecule has 0 aromatic heterocycles. The number of primary amides is 2. The molecule has 0 radical (unpaired) electrons. The van der Waals surface area contributed by atoms with Crippen LogP contribution in [0.2, 0.25) is 0 Å². The normalized spacial score (nSPS) is 14.6. The average Bonchev–Trinajstić information content (AvgIpc) is 2.77. The average molecular weight is 367 g/mol. The van der Waals surface area contributed by atoms with Gasteiger partial charge >= 0.3 is 5.97 Å². The Morgan fingerprint density at radius 2 is 1.33 bits per heavy atom. The van der Waals surface area contributed by atoms with Gasteiger partial charge in [-0.3, -0.25) is 14.4 Å². The van der Waals surface area contributed by atoms with E-state index in [1.807, 2.05) is 0 Å². The third kappa shape index (κ3) is 2.96. The van der Waals surface area contributed by atoms with Crippen LogP contribution in [0.15, 0.2) is 36.4 Å². The summed E-state index contributed by atoms with van der Waals surface area (Å²) in [6.45, 7) is 0.153. The molecule has 7 N–H and O–H groups in total. The van der Waals surface area contributed by atoms with Crippen LogP contribution in [-0.2, 0) is 23.1 Å². The van der Waals surface area contributed by atoms with Gasteiger partial charge in [-0.15, -0.1) is 0 Å². The lowest BCUT2D eigenvalue weighted by molar-refractivity contribution is -0.142. The summed E-state index contributed by atoms with van der Waals surface area (Å²) in [6, 6.07) is 9.67. The summed E-state index contributed by atoms with van der Waals surface area (Å²) >= 11 is 0. The number of carboxylic acids is 1. The van der Waals surface area contributed by atoms with E-state index in [1.165, 1.54) is 12.1 Å². The number of carbonyl (C=O) groups excluding carboxylic acids is 2. The van der Waals surface area contributed by atoms with Gasteiger partial charge in [0.2, 0.25) is 11.8 Å². The molecule has 1 aliphatic carbocycles. The number of carboxylic acid groups (broad SMARTS) is 1. The lowest BCUT2D eigenvalue weighted by Crippen LogP contribution is -2.40. The number of carbonyl (C=O) groups is 3. The second-order valence-corrected chi connectivity index (χ2v) is 6.72. The van der Waals surface area contributed by atoms with Crippen LogP contribution in [0.25, 0.3) is 0 Å². The molecule has 27 heavy (non-hydrogen) atoms. The molecule has 2 aromatic rings. The highest BCUT2D eigenvalue weighted by Gasteiger charge is 2.45. The van der Waals surface area contributed by atoms with Crippen LogP contribution in [0, 0.1) is 0 Å². The first-order valence-corrected chi connectivity index (χ1v) is 8.61. The number of aliphatic carboxylic acids is 1. The van der Waals surface area contributed by atoms with Crippen molar-refractivity contribution in [1.82, 2.24) is 0 Å². The molecule has 0 saturated heterocycles. The van der Waals surface area contributed by atoms with E-state index in [4.69, 9.17) is 17.2 Å². The van der Waals surface area contributed by atoms with Gasteiger partial charge in [0, 0.05) is 11.1 Å². The predicted molar refractivity (Wildman–Crippen MR) is 99.4 cm³/mol. The van der Waals surface area contributed by atoms with Crippen molar-refractivity contribution in [3.63, 3.8) is 0 Å². The van der Waals surface area contributed by atoms with E-state index in [1.54, 1.807) is 24.3 Å². The SMILES string of the molecule is NCCC1(C(=O)O)c2ccc(C(N)=O)cc2CCc2cc(C(N)=O)ccc21. The van der Waals surface area contributed by atoms with Gasteiger partial charge in [0.25, 0.3) is 0 Å². The van der Waals surface area contributed by atoms with Crippen LogP contribution < -0.4 is 17.2 Å². The molecule has 7 nitrogen and oxygen atoms in total. The number of fused-ring (bicyclic) bond motifs is 2. The van der Waals surface area contributed by atoms with Gasteiger partial charge in [0.15, 0.2) is 0 Å². The Morgan fingerprint density at radius 1 is 0.889 bits per heavy atom. The molecule has 0 unspecified atom stereocenters. The third-order valence-corrected chi connectivity index (χ3v) is 5.25. The van der Waals surface area contributed by atoms with Crippen molar-refractivity contribution in [1.29, 1.82) is 0 Å². The molecule has 140 valence electrons. The Hall–Kier alpha value is -3.19. The van der Waals surface area contributed by atoms with Crippen LogP contribution in [0.1, 0.15) is 49.4 Å². The van der Waals surface area contributed by atoms with Crippen molar-refractivity contribution < 1.29 is 19.5 Å². The van der Waals surface area contributed by atoms with E-state index in [-0.39, 0.29) is 13.0 Å². The maximum absolute atomic E-state index is 12.5. The lowest BCUT2D eigenvalue weighted by atomic mass is 9.70. The zero-order valence-electron chi connectivity index (χ0n) is 14.7. The highest BCUT2D eigenvalue weighted by molar-refractivity contribution is 5.95. The second kappa shape index (κ2) is 6.85. The van der Waals surface area contributed by atoms with E-state index < -0.39 is 23.2 Å². The molecule has 0 fully saturated rings. The summed E-state index contributed by atoms with van der Waals surface area (Å²) in [7, 11) is 0. The number of rotatable bonds is 5. The number of amides is 2. The lowest BCUT2D eigenvalue weighted by Gasteiger charge is -2.32. The Balaban J connectivity index is 2.33. The molecule has 2 amide bonds. The molecule has 0 aliphatic heterocycles. The molecular formula is C20H21N3O4. The first-order chi connectivity index (χ1) is 12.8. The number of hydrogen-bond donors (Lipinski definition) is 4. The van der Waals surface area contributed by atoms with Crippen molar-refractivity contribution >= 4 is 17.8 Å². The molecule has 0 bridgehead atoms. The summed E-state index contributed by atoms with van der Waals surface area (Å²) < 4.78 is 0. The zero-order valence-corrected chi connectivity index (χ0v) is 14.7. The Morgan fingerprint density at radius 3 is 1.67 bits per heavy atom. The Kier molecular flexibility index (Phi) is 4.72. The topological polar surface area (TPSA) is 150 Å². The minimum Gasteiger partial charge on any atom is -0.480 e. The van der Waals surface area contributed by atoms with Gasteiger partial charge in [-0.1, -0.05) is 12.1 Å². The number of nitrogens with two attached hydrogens (primary N) is 3. The quantitative estimate of drug-likeness (QED) is 0.613.